The fraction of sp³-hybridized carbons (Fsp3) is 0.435. The number of amides is 9. The number of benzene rings is 3. The topological polar surface area (TPSA) is 356 Å². The zero-order valence-electron chi connectivity index (χ0n) is 50.8. The highest BCUT2D eigenvalue weighted by Crippen LogP contribution is 2.32. The van der Waals surface area contributed by atoms with Crippen molar-refractivity contribution in [3.8, 4) is 5.75 Å². The molecule has 92 heavy (non-hydrogen) atoms. The lowest BCUT2D eigenvalue weighted by molar-refractivity contribution is -0.174. The third-order valence-electron chi connectivity index (χ3n) is 14.2. The number of nitrogens with two attached hydrogens (primary N) is 1. The van der Waals surface area contributed by atoms with E-state index in [2.05, 4.69) is 42.2 Å². The molecule has 23 nitrogen and oxygen atoms in total. The number of aromatic hydroxyl groups is 1. The lowest BCUT2D eigenvalue weighted by Gasteiger charge is -2.29. The van der Waals surface area contributed by atoms with Crippen molar-refractivity contribution in [1.29, 1.82) is 0 Å². The number of pyridine rings is 1. The lowest BCUT2D eigenvalue weighted by Crippen LogP contribution is -2.61. The summed E-state index contributed by atoms with van der Waals surface area (Å²) in [4.78, 5) is 145. The van der Waals surface area contributed by atoms with Gasteiger partial charge in [-0.25, -0.2) is 9.78 Å². The number of carbonyl (C=O) groups excluding carboxylic acids is 10. The van der Waals surface area contributed by atoms with Gasteiger partial charge in [-0.1, -0.05) is 111 Å². The lowest BCUT2D eigenvalue weighted by atomic mass is 9.90. The first kappa shape index (κ1) is 73.3. The van der Waals surface area contributed by atoms with Crippen LogP contribution in [0, 0.1) is 5.92 Å². The highest BCUT2D eigenvalue weighted by Gasteiger charge is 2.42. The first-order valence-electron chi connectivity index (χ1n) is 29.3. The summed E-state index contributed by atoms with van der Waals surface area (Å²) in [5.74, 6) is -12.9. The Balaban J connectivity index is 1.42. The number of rotatable bonds is 22. The number of allylic oxidation sites excluding steroid dienone is 1. The predicted molar refractivity (Wildman–Crippen MR) is 344 cm³/mol. The molecule has 1 fully saturated rings. The minimum atomic E-state index is -5.44. The smallest absolute Gasteiger partial charge is 0.471 e. The fourth-order valence-electron chi connectivity index (χ4n) is 9.49. The first-order valence-corrected chi connectivity index (χ1v) is 34.2. The van der Waals surface area contributed by atoms with Crippen molar-refractivity contribution in [2.45, 2.75) is 144 Å². The van der Waals surface area contributed by atoms with Crippen LogP contribution in [-0.2, 0) is 67.2 Å². The fourth-order valence-corrected chi connectivity index (χ4v) is 13.9. The number of nitrogens with zero attached hydrogens (tertiary/aromatic N) is 1. The van der Waals surface area contributed by atoms with Crippen LogP contribution in [0.3, 0.4) is 0 Å². The molecular formula is C62H75F3N10O13S4. The highest BCUT2D eigenvalue weighted by molar-refractivity contribution is 8.77. The maximum atomic E-state index is 15.1. The van der Waals surface area contributed by atoms with Crippen LogP contribution in [0.2, 0.25) is 0 Å². The largest absolute Gasteiger partial charge is 0.508 e. The molecule has 0 spiro atoms. The van der Waals surface area contributed by atoms with Gasteiger partial charge in [-0.15, -0.1) is 0 Å². The minimum Gasteiger partial charge on any atom is -0.508 e. The van der Waals surface area contributed by atoms with Crippen molar-refractivity contribution in [2.24, 2.45) is 11.7 Å². The number of halogens is 3. The summed E-state index contributed by atoms with van der Waals surface area (Å²) < 4.78 is 46.9. The van der Waals surface area contributed by atoms with Gasteiger partial charge in [-0.3, -0.25) is 43.2 Å². The third kappa shape index (κ3) is 24.0. The van der Waals surface area contributed by atoms with E-state index in [1.165, 1.54) is 54.1 Å². The molecule has 0 saturated carbocycles. The van der Waals surface area contributed by atoms with Crippen molar-refractivity contribution in [3.63, 3.8) is 0 Å². The molecule has 1 aromatic heterocycles. The average molecular weight is 1350 g/mol. The number of ether oxygens (including phenoxy) is 1. The molecular weight excluding hydrogens is 1280 g/mol. The second-order valence-electron chi connectivity index (χ2n) is 22.7. The Hall–Kier alpha value is -7.80. The molecule has 2 aliphatic rings. The van der Waals surface area contributed by atoms with Crippen molar-refractivity contribution in [3.05, 3.63) is 132 Å². The number of fused-ring (bicyclic) bond motifs is 1. The number of ketones is 1. The second-order valence-corrected chi connectivity index (χ2v) is 27.6. The molecule has 1 saturated heterocycles. The molecule has 6 rings (SSSR count). The number of nitrogens with one attached hydrogen (secondary N) is 8. The van der Waals surface area contributed by atoms with Crippen molar-refractivity contribution >= 4 is 108 Å². The maximum absolute atomic E-state index is 15.1. The number of aliphatic hydroxyl groups is 1. The van der Waals surface area contributed by atoms with Crippen LogP contribution < -0.4 is 48.3 Å². The zero-order valence-corrected chi connectivity index (χ0v) is 54.0. The van der Waals surface area contributed by atoms with Crippen molar-refractivity contribution < 1.29 is 76.1 Å². The Morgan fingerprint density at radius 1 is 0.772 bits per heavy atom. The minimum absolute atomic E-state index is 0.0643. The molecule has 0 radical (unpaired) electrons. The van der Waals surface area contributed by atoms with E-state index < -0.39 is 150 Å². The summed E-state index contributed by atoms with van der Waals surface area (Å²) >= 11 is 0. The van der Waals surface area contributed by atoms with Crippen LogP contribution in [0.4, 0.5) is 18.0 Å². The monoisotopic (exact) mass is 1350 g/mol. The van der Waals surface area contributed by atoms with Gasteiger partial charge in [0.05, 0.1) is 12.1 Å². The van der Waals surface area contributed by atoms with Crippen molar-refractivity contribution in [1.82, 2.24) is 47.5 Å². The SMILES string of the molecule is C[C@@H](O)[C@@H]1NC(=O)[C@H](CCCCNC(=O)OC(C)(C)C)NC(=O)[C@@H](CC2=CCc3ccccc32)NC(=O)[C@H](Cc2ccc(O)cc2)CC(=O)[C@@H](NC(=O)[C@@H](Cc2ccccc2)NC(=O)C(F)(F)F)CSSC[C@@H](C(=O)N[C@H](CSSc2ccccn2)C(N)=O)NC1=O. The Morgan fingerprint density at radius 2 is 1.45 bits per heavy atom. The summed E-state index contributed by atoms with van der Waals surface area (Å²) in [7, 11) is 3.97. The Kier molecular flexibility index (Phi) is 28.1. The standard InChI is InChI=1S/C62H75F3N10O13S4/c1-35(76)51-58(85)73-48(57(84)72-47(52(66)79)33-91-92-50-19-11-13-26-67-50)34-90-89-32-46(71-55(82)44(74-59(86)62(63,64)65)29-36-14-6-5-7-15-36)49(78)31-40(28-37-20-24-41(77)25-21-37)53(80)70-45(30-39-23-22-38-16-8-9-17-42(38)39)56(83)69-43(54(81)75-51)18-10-12-27-68-60(87)88-61(2,3)4/h5-9,11,13-17,19-21,23-26,35,40,43-48,51,76-77H,10,12,18,22,27-34H2,1-4H3,(H2,66,79)(H,68,87)(H,69,83)(H,70,80)(H,71,82)(H,72,84)(H,73,85)(H,74,86)(H,75,81)/t35-,40-,43+,44-,45-,46+,47-,48+,51+/m1/s1. The molecule has 1 aliphatic heterocycles. The molecule has 9 atom stereocenters. The van der Waals surface area contributed by atoms with Gasteiger partial charge >= 0.3 is 18.2 Å². The van der Waals surface area contributed by atoms with Gasteiger partial charge in [-0.05, 0) is 123 Å². The van der Waals surface area contributed by atoms with E-state index in [-0.39, 0.29) is 50.2 Å². The van der Waals surface area contributed by atoms with Gasteiger partial charge < -0.3 is 63.2 Å². The molecule has 496 valence electrons. The normalized spacial score (nSPS) is 20.6. The summed E-state index contributed by atoms with van der Waals surface area (Å²) in [6, 6.07) is 14.4. The number of carbonyl (C=O) groups is 10. The predicted octanol–water partition coefficient (Wildman–Crippen LogP) is 4.53. The van der Waals surface area contributed by atoms with Gasteiger partial charge in [0, 0.05) is 55.2 Å². The van der Waals surface area contributed by atoms with E-state index in [9.17, 15) is 56.9 Å². The van der Waals surface area contributed by atoms with E-state index in [4.69, 9.17) is 10.5 Å². The molecule has 3 aromatic carbocycles. The number of aromatic nitrogens is 1. The molecule has 2 heterocycles. The van der Waals surface area contributed by atoms with Crippen LogP contribution in [-0.4, -0.2) is 158 Å². The Labute approximate surface area is 545 Å². The number of unbranched alkanes of at least 4 members (excludes halogenated alkanes) is 1. The number of primary amides is 1. The van der Waals surface area contributed by atoms with E-state index in [1.54, 1.807) is 74.7 Å². The van der Waals surface area contributed by atoms with Crippen LogP contribution >= 0.6 is 43.2 Å². The zero-order chi connectivity index (χ0) is 67.1. The Bertz CT molecular complexity index is 3260. The third-order valence-corrected chi connectivity index (χ3v) is 18.9. The number of alkyl carbamates (subject to hydrolysis) is 1. The first-order chi connectivity index (χ1) is 43.6. The summed E-state index contributed by atoms with van der Waals surface area (Å²) in [6.45, 7) is 6.29. The Morgan fingerprint density at radius 3 is 2.12 bits per heavy atom. The maximum Gasteiger partial charge on any atom is 0.471 e. The summed E-state index contributed by atoms with van der Waals surface area (Å²) in [5, 5.41) is 42.0. The van der Waals surface area contributed by atoms with Crippen molar-refractivity contribution in [2.75, 3.05) is 23.8 Å². The average Bonchev–Trinajstić information content (AvgIpc) is 1.60. The van der Waals surface area contributed by atoms with Crippen LogP contribution in [0.15, 0.2) is 114 Å². The number of hydrogen-bond donors (Lipinski definition) is 11. The second kappa shape index (κ2) is 35.3. The number of phenolic OH excluding ortho intramolecular Hbond substituents is 1. The van der Waals surface area contributed by atoms with E-state index in [0.29, 0.717) is 28.1 Å². The van der Waals surface area contributed by atoms with Gasteiger partial charge in [0.1, 0.15) is 52.6 Å². The quantitative estimate of drug-likeness (QED) is 0.0380. The number of hydrogen-bond acceptors (Lipinski definition) is 18. The van der Waals surface area contributed by atoms with Gasteiger partial charge in [0.25, 0.3) is 0 Å². The van der Waals surface area contributed by atoms with Crippen LogP contribution in [0.1, 0.15) is 82.1 Å². The van der Waals surface area contributed by atoms with Crippen LogP contribution in [0.5, 0.6) is 5.75 Å². The molecule has 0 unspecified atom stereocenters. The van der Waals surface area contributed by atoms with E-state index in [0.717, 1.165) is 43.5 Å². The number of aliphatic hydroxyl groups excluding tert-OH is 1. The number of Topliss-reactive ketones (excluding diaryl/α,β-unsaturated/α-hetero) is 1. The summed E-state index contributed by atoms with van der Waals surface area (Å²) in [5.41, 5.74) is 8.00. The molecule has 4 aromatic rings. The number of alkyl halides is 3. The molecule has 1 aliphatic carbocycles. The molecule has 30 heteroatoms. The van der Waals surface area contributed by atoms with Crippen LogP contribution in [0.25, 0.3) is 5.57 Å². The van der Waals surface area contributed by atoms with Gasteiger partial charge in [-0.2, -0.15) is 13.2 Å². The highest BCUT2D eigenvalue weighted by atomic mass is 33.1. The van der Waals surface area contributed by atoms with E-state index >= 15 is 14.4 Å². The van der Waals surface area contributed by atoms with E-state index in [1.807, 2.05) is 24.3 Å². The molecule has 0 bridgehead atoms. The number of phenols is 1. The summed E-state index contributed by atoms with van der Waals surface area (Å²) in [6.07, 6.45) is -5.34. The molecule has 9 amide bonds. The molecule has 12 N–H and O–H groups in total. The van der Waals surface area contributed by atoms with Gasteiger partial charge in [0.2, 0.25) is 41.4 Å². The van der Waals surface area contributed by atoms with Gasteiger partial charge in [0.15, 0.2) is 5.78 Å².